The van der Waals surface area contributed by atoms with Gasteiger partial charge in [0, 0.05) is 18.5 Å². The maximum absolute atomic E-state index is 12.4. The van der Waals surface area contributed by atoms with E-state index in [4.69, 9.17) is 0 Å². The van der Waals surface area contributed by atoms with E-state index in [0.717, 1.165) is 25.7 Å². The summed E-state index contributed by atoms with van der Waals surface area (Å²) in [5.74, 6) is -1.10. The van der Waals surface area contributed by atoms with Gasteiger partial charge in [-0.05, 0) is 31.9 Å². The van der Waals surface area contributed by atoms with Crippen LogP contribution in [0.3, 0.4) is 0 Å². The number of nitrogens with zero attached hydrogens (tertiary/aromatic N) is 1. The lowest BCUT2D eigenvalue weighted by atomic mass is 9.81. The summed E-state index contributed by atoms with van der Waals surface area (Å²) in [5.41, 5.74) is 0.892. The number of benzene rings is 1. The Morgan fingerprint density at radius 1 is 1.08 bits per heavy atom. The SMILES string of the molecule is CC(=O)c1ccccc1NC(=O)CCN1C(=O)[C@H]2CCCC[C@H]2C1=O. The number of nitrogens with one attached hydrogen (secondary N) is 1. The molecule has 2 atom stereocenters. The molecule has 1 saturated heterocycles. The van der Waals surface area contributed by atoms with Crippen LogP contribution in [-0.2, 0) is 14.4 Å². The predicted molar refractivity (Wildman–Crippen MR) is 91.9 cm³/mol. The number of rotatable bonds is 5. The molecular formula is C19H22N2O4. The first-order valence-electron chi connectivity index (χ1n) is 8.74. The van der Waals surface area contributed by atoms with Crippen LogP contribution in [-0.4, -0.2) is 34.9 Å². The van der Waals surface area contributed by atoms with Crippen LogP contribution in [0.2, 0.25) is 0 Å². The molecule has 6 nitrogen and oxygen atoms in total. The summed E-state index contributed by atoms with van der Waals surface area (Å²) in [6.45, 7) is 1.53. The molecule has 1 heterocycles. The highest BCUT2D eigenvalue weighted by molar-refractivity contribution is 6.06. The van der Waals surface area contributed by atoms with E-state index >= 15 is 0 Å². The van der Waals surface area contributed by atoms with Crippen LogP contribution in [0.5, 0.6) is 0 Å². The van der Waals surface area contributed by atoms with Gasteiger partial charge < -0.3 is 5.32 Å². The molecule has 25 heavy (non-hydrogen) atoms. The number of imide groups is 1. The highest BCUT2D eigenvalue weighted by Gasteiger charge is 2.47. The van der Waals surface area contributed by atoms with E-state index < -0.39 is 0 Å². The first-order chi connectivity index (χ1) is 12.0. The Hall–Kier alpha value is -2.50. The number of amides is 3. The molecule has 1 N–H and O–H groups in total. The van der Waals surface area contributed by atoms with Crippen molar-refractivity contribution >= 4 is 29.2 Å². The zero-order chi connectivity index (χ0) is 18.0. The van der Waals surface area contributed by atoms with E-state index in [1.54, 1.807) is 24.3 Å². The van der Waals surface area contributed by atoms with E-state index in [1.807, 2.05) is 0 Å². The van der Waals surface area contributed by atoms with Gasteiger partial charge in [-0.1, -0.05) is 25.0 Å². The Morgan fingerprint density at radius 3 is 2.28 bits per heavy atom. The van der Waals surface area contributed by atoms with Gasteiger partial charge in [0.15, 0.2) is 5.78 Å². The molecule has 1 saturated carbocycles. The molecule has 0 aromatic heterocycles. The van der Waals surface area contributed by atoms with Crippen LogP contribution in [0, 0.1) is 11.8 Å². The topological polar surface area (TPSA) is 83.6 Å². The maximum Gasteiger partial charge on any atom is 0.233 e. The van der Waals surface area contributed by atoms with Crippen molar-refractivity contribution < 1.29 is 19.2 Å². The van der Waals surface area contributed by atoms with Crippen molar-refractivity contribution in [3.05, 3.63) is 29.8 Å². The van der Waals surface area contributed by atoms with Gasteiger partial charge in [0.1, 0.15) is 0 Å². The zero-order valence-electron chi connectivity index (χ0n) is 14.3. The first-order valence-corrected chi connectivity index (χ1v) is 8.74. The molecule has 1 aromatic rings. The van der Waals surface area contributed by atoms with E-state index in [2.05, 4.69) is 5.32 Å². The Morgan fingerprint density at radius 2 is 1.68 bits per heavy atom. The second kappa shape index (κ2) is 7.17. The molecule has 2 fully saturated rings. The molecule has 1 aliphatic carbocycles. The van der Waals surface area contributed by atoms with Gasteiger partial charge in [-0.3, -0.25) is 24.1 Å². The van der Waals surface area contributed by atoms with Gasteiger partial charge in [-0.15, -0.1) is 0 Å². The van der Waals surface area contributed by atoms with E-state index in [-0.39, 0.29) is 48.3 Å². The van der Waals surface area contributed by atoms with Gasteiger partial charge in [0.25, 0.3) is 0 Å². The fourth-order valence-corrected chi connectivity index (χ4v) is 3.78. The van der Waals surface area contributed by atoms with E-state index in [9.17, 15) is 19.2 Å². The molecule has 3 amide bonds. The van der Waals surface area contributed by atoms with Gasteiger partial charge in [0.05, 0.1) is 17.5 Å². The number of carbonyl (C=O) groups is 4. The number of ketones is 1. The monoisotopic (exact) mass is 342 g/mol. The number of para-hydroxylation sites is 1. The largest absolute Gasteiger partial charge is 0.325 e. The number of fused-ring (bicyclic) bond motifs is 1. The van der Waals surface area contributed by atoms with Crippen molar-refractivity contribution in [3.63, 3.8) is 0 Å². The van der Waals surface area contributed by atoms with Crippen molar-refractivity contribution in [2.45, 2.75) is 39.0 Å². The van der Waals surface area contributed by atoms with Crippen molar-refractivity contribution in [1.82, 2.24) is 4.90 Å². The maximum atomic E-state index is 12.4. The van der Waals surface area contributed by atoms with Crippen LogP contribution >= 0.6 is 0 Å². The standard InChI is InChI=1S/C19H22N2O4/c1-12(22)13-6-4-5-9-16(13)20-17(23)10-11-21-18(24)14-7-2-3-8-15(14)19(21)25/h4-6,9,14-15H,2-3,7-8,10-11H2,1H3,(H,20,23)/t14-,15+. The fourth-order valence-electron chi connectivity index (χ4n) is 3.78. The van der Waals surface area contributed by atoms with Crippen LogP contribution < -0.4 is 5.32 Å². The summed E-state index contributed by atoms with van der Waals surface area (Å²) in [6.07, 6.45) is 3.53. The zero-order valence-corrected chi connectivity index (χ0v) is 14.3. The summed E-state index contributed by atoms with van der Waals surface area (Å²) in [7, 11) is 0. The minimum atomic E-state index is -0.316. The van der Waals surface area contributed by atoms with Crippen LogP contribution in [0.15, 0.2) is 24.3 Å². The first kappa shape index (κ1) is 17.3. The smallest absolute Gasteiger partial charge is 0.233 e. The third kappa shape index (κ3) is 3.48. The van der Waals surface area contributed by atoms with E-state index in [0.29, 0.717) is 11.3 Å². The number of carbonyl (C=O) groups excluding carboxylic acids is 4. The quantitative estimate of drug-likeness (QED) is 0.658. The predicted octanol–water partition coefficient (Wildman–Crippen LogP) is 2.39. The lowest BCUT2D eigenvalue weighted by Crippen LogP contribution is -2.34. The second-order valence-corrected chi connectivity index (χ2v) is 6.73. The minimum Gasteiger partial charge on any atom is -0.325 e. The van der Waals surface area contributed by atoms with Gasteiger partial charge >= 0.3 is 0 Å². The Balaban J connectivity index is 1.60. The number of Topliss-reactive ketones (excluding diaryl/α,β-unsaturated/α-hetero) is 1. The van der Waals surface area contributed by atoms with Gasteiger partial charge in [-0.25, -0.2) is 0 Å². The van der Waals surface area contributed by atoms with Crippen LogP contribution in [0.4, 0.5) is 5.69 Å². The Labute approximate surface area is 146 Å². The third-order valence-corrected chi connectivity index (χ3v) is 5.08. The Kier molecular flexibility index (Phi) is 4.97. The van der Waals surface area contributed by atoms with Crippen molar-refractivity contribution in [2.75, 3.05) is 11.9 Å². The summed E-state index contributed by atoms with van der Waals surface area (Å²) < 4.78 is 0. The normalized spacial score (nSPS) is 22.7. The summed E-state index contributed by atoms with van der Waals surface area (Å²) in [5, 5.41) is 2.70. The highest BCUT2D eigenvalue weighted by Crippen LogP contribution is 2.37. The number of likely N-dealkylation sites (tertiary alicyclic amines) is 1. The van der Waals surface area contributed by atoms with E-state index in [1.165, 1.54) is 11.8 Å². The molecular weight excluding hydrogens is 320 g/mol. The molecule has 3 rings (SSSR count). The van der Waals surface area contributed by atoms with Crippen molar-refractivity contribution in [1.29, 1.82) is 0 Å². The van der Waals surface area contributed by atoms with Gasteiger partial charge in [-0.2, -0.15) is 0 Å². The number of hydrogen-bond acceptors (Lipinski definition) is 4. The van der Waals surface area contributed by atoms with Crippen molar-refractivity contribution in [3.8, 4) is 0 Å². The summed E-state index contributed by atoms with van der Waals surface area (Å²) in [6, 6.07) is 6.78. The molecule has 1 aliphatic heterocycles. The van der Waals surface area contributed by atoms with Crippen LogP contribution in [0.1, 0.15) is 49.4 Å². The summed E-state index contributed by atoms with van der Waals surface area (Å²) in [4.78, 5) is 49.8. The molecule has 2 aliphatic rings. The molecule has 0 spiro atoms. The molecule has 0 unspecified atom stereocenters. The number of hydrogen-bond donors (Lipinski definition) is 1. The molecule has 1 aromatic carbocycles. The average molecular weight is 342 g/mol. The molecule has 0 radical (unpaired) electrons. The number of anilines is 1. The summed E-state index contributed by atoms with van der Waals surface area (Å²) >= 11 is 0. The molecule has 6 heteroatoms. The average Bonchev–Trinajstić information content (AvgIpc) is 2.85. The van der Waals surface area contributed by atoms with Crippen LogP contribution in [0.25, 0.3) is 0 Å². The minimum absolute atomic E-state index is 0.0309. The Bertz CT molecular complexity index is 704. The third-order valence-electron chi connectivity index (χ3n) is 5.08. The highest BCUT2D eigenvalue weighted by atomic mass is 16.2. The lowest BCUT2D eigenvalue weighted by molar-refractivity contribution is -0.140. The second-order valence-electron chi connectivity index (χ2n) is 6.73. The molecule has 132 valence electrons. The molecule has 0 bridgehead atoms. The van der Waals surface area contributed by atoms with Gasteiger partial charge in [0.2, 0.25) is 17.7 Å². The van der Waals surface area contributed by atoms with Crippen molar-refractivity contribution in [2.24, 2.45) is 11.8 Å². The fraction of sp³-hybridized carbons (Fsp3) is 0.474. The lowest BCUT2D eigenvalue weighted by Gasteiger charge is -2.19.